The van der Waals surface area contributed by atoms with Crippen LogP contribution in [0.1, 0.15) is 34.5 Å². The maximum absolute atomic E-state index is 12.9. The lowest BCUT2D eigenvalue weighted by Gasteiger charge is -2.11. The Balaban J connectivity index is 1.51. The summed E-state index contributed by atoms with van der Waals surface area (Å²) >= 11 is 0. The van der Waals surface area contributed by atoms with Crippen molar-refractivity contribution in [3.8, 4) is 0 Å². The van der Waals surface area contributed by atoms with Crippen molar-refractivity contribution in [2.45, 2.75) is 25.7 Å². The van der Waals surface area contributed by atoms with Gasteiger partial charge in [0.25, 0.3) is 11.5 Å². The van der Waals surface area contributed by atoms with Crippen LogP contribution in [0.5, 0.6) is 0 Å². The number of H-pyrrole nitrogens is 1. The monoisotopic (exact) mass is 403 g/mol. The first-order valence-corrected chi connectivity index (χ1v) is 9.94. The molecule has 8 heteroatoms. The predicted octanol–water partition coefficient (Wildman–Crippen LogP) is 2.24. The van der Waals surface area contributed by atoms with Gasteiger partial charge in [0.1, 0.15) is 5.65 Å². The van der Waals surface area contributed by atoms with E-state index >= 15 is 0 Å². The molecule has 0 spiro atoms. The van der Waals surface area contributed by atoms with Crippen LogP contribution in [-0.2, 0) is 26.9 Å². The highest BCUT2D eigenvalue weighted by molar-refractivity contribution is 6.07. The SMILES string of the molecule is Cn1c(=O)c2cc(NC(=O)c3ccc4[nH]c5c(c4c3)CCCC5)cnc2n(C)c1=O. The Morgan fingerprint density at radius 3 is 2.70 bits per heavy atom. The van der Waals surface area contributed by atoms with Gasteiger partial charge in [0.2, 0.25) is 0 Å². The van der Waals surface area contributed by atoms with Crippen molar-refractivity contribution < 1.29 is 4.79 Å². The summed E-state index contributed by atoms with van der Waals surface area (Å²) < 4.78 is 2.34. The van der Waals surface area contributed by atoms with Crippen LogP contribution in [0.3, 0.4) is 0 Å². The molecule has 3 heterocycles. The predicted molar refractivity (Wildman–Crippen MR) is 115 cm³/mol. The molecule has 1 aliphatic carbocycles. The lowest BCUT2D eigenvalue weighted by molar-refractivity contribution is 0.102. The van der Waals surface area contributed by atoms with Crippen molar-refractivity contribution in [3.63, 3.8) is 0 Å². The summed E-state index contributed by atoms with van der Waals surface area (Å²) in [5.41, 5.74) is 3.97. The molecule has 0 saturated carbocycles. The van der Waals surface area contributed by atoms with Gasteiger partial charge in [-0.25, -0.2) is 9.78 Å². The zero-order valence-corrected chi connectivity index (χ0v) is 16.8. The summed E-state index contributed by atoms with van der Waals surface area (Å²) in [4.78, 5) is 45.1. The highest BCUT2D eigenvalue weighted by atomic mass is 16.2. The molecule has 0 bridgehead atoms. The van der Waals surface area contributed by atoms with E-state index in [1.165, 1.54) is 35.5 Å². The molecule has 1 aliphatic rings. The fraction of sp³-hybridized carbons (Fsp3) is 0.273. The third-order valence-electron chi connectivity index (χ3n) is 5.91. The minimum absolute atomic E-state index is 0.271. The minimum atomic E-state index is -0.447. The molecular weight excluding hydrogens is 382 g/mol. The number of carbonyl (C=O) groups is 1. The van der Waals surface area contributed by atoms with Crippen LogP contribution in [0, 0.1) is 0 Å². The quantitative estimate of drug-likeness (QED) is 0.536. The van der Waals surface area contributed by atoms with Crippen molar-refractivity contribution in [2.75, 3.05) is 5.32 Å². The van der Waals surface area contributed by atoms with E-state index in [-0.39, 0.29) is 16.9 Å². The number of hydrogen-bond donors (Lipinski definition) is 2. The number of nitrogens with zero attached hydrogens (tertiary/aromatic N) is 3. The number of aromatic nitrogens is 4. The normalized spacial score (nSPS) is 13.5. The largest absolute Gasteiger partial charge is 0.358 e. The molecule has 8 nitrogen and oxygen atoms in total. The third-order valence-corrected chi connectivity index (χ3v) is 5.91. The standard InChI is InChI=1S/C22H21N5O3/c1-26-19-16(21(29)27(2)22(26)30)10-13(11-23-19)24-20(28)12-7-8-18-15(9-12)14-5-3-4-6-17(14)25-18/h7-11,25H,3-6H2,1-2H3,(H,24,28). The van der Waals surface area contributed by atoms with Crippen LogP contribution in [0.25, 0.3) is 21.9 Å². The molecule has 0 aliphatic heterocycles. The fourth-order valence-corrected chi connectivity index (χ4v) is 4.28. The van der Waals surface area contributed by atoms with Crippen molar-refractivity contribution in [2.24, 2.45) is 14.1 Å². The van der Waals surface area contributed by atoms with Gasteiger partial charge in [0, 0.05) is 36.3 Å². The average molecular weight is 403 g/mol. The van der Waals surface area contributed by atoms with Gasteiger partial charge in [-0.15, -0.1) is 0 Å². The molecule has 5 rings (SSSR count). The van der Waals surface area contributed by atoms with E-state index in [1.807, 2.05) is 12.1 Å². The van der Waals surface area contributed by atoms with E-state index in [1.54, 1.807) is 19.2 Å². The number of aryl methyl sites for hydroxylation is 3. The van der Waals surface area contributed by atoms with E-state index in [0.717, 1.165) is 34.7 Å². The van der Waals surface area contributed by atoms with Gasteiger partial charge in [0.05, 0.1) is 17.3 Å². The first kappa shape index (κ1) is 18.4. The van der Waals surface area contributed by atoms with E-state index < -0.39 is 11.2 Å². The van der Waals surface area contributed by atoms with Crippen LogP contribution in [0.4, 0.5) is 5.69 Å². The number of benzene rings is 1. The van der Waals surface area contributed by atoms with Crippen LogP contribution >= 0.6 is 0 Å². The molecule has 4 aromatic rings. The second-order valence-corrected chi connectivity index (χ2v) is 7.80. The second-order valence-electron chi connectivity index (χ2n) is 7.80. The van der Waals surface area contributed by atoms with Crippen molar-refractivity contribution >= 4 is 33.5 Å². The highest BCUT2D eigenvalue weighted by Crippen LogP contribution is 2.30. The van der Waals surface area contributed by atoms with Gasteiger partial charge in [-0.3, -0.25) is 18.7 Å². The van der Waals surface area contributed by atoms with Gasteiger partial charge in [0.15, 0.2) is 0 Å². The van der Waals surface area contributed by atoms with Crippen LogP contribution in [-0.4, -0.2) is 25.0 Å². The zero-order valence-electron chi connectivity index (χ0n) is 16.8. The van der Waals surface area contributed by atoms with Crippen LogP contribution in [0.15, 0.2) is 40.1 Å². The number of amides is 1. The topological polar surface area (TPSA) is 102 Å². The van der Waals surface area contributed by atoms with E-state index in [0.29, 0.717) is 11.3 Å². The Hall–Kier alpha value is -3.68. The minimum Gasteiger partial charge on any atom is -0.358 e. The van der Waals surface area contributed by atoms with Crippen LogP contribution < -0.4 is 16.6 Å². The zero-order chi connectivity index (χ0) is 21.0. The molecule has 2 N–H and O–H groups in total. The molecule has 0 fully saturated rings. The van der Waals surface area contributed by atoms with Gasteiger partial charge < -0.3 is 10.3 Å². The molecular formula is C22H21N5O3. The average Bonchev–Trinajstić information content (AvgIpc) is 3.14. The molecule has 0 saturated heterocycles. The van der Waals surface area contributed by atoms with Gasteiger partial charge in [-0.1, -0.05) is 0 Å². The van der Waals surface area contributed by atoms with Gasteiger partial charge in [-0.2, -0.15) is 0 Å². The van der Waals surface area contributed by atoms with E-state index in [2.05, 4.69) is 15.3 Å². The number of nitrogens with one attached hydrogen (secondary N) is 2. The molecule has 0 unspecified atom stereocenters. The summed E-state index contributed by atoms with van der Waals surface area (Å²) in [5.74, 6) is -0.273. The lowest BCUT2D eigenvalue weighted by Crippen LogP contribution is -2.37. The first-order valence-electron chi connectivity index (χ1n) is 9.94. The van der Waals surface area contributed by atoms with Gasteiger partial charge in [-0.05, 0) is 55.5 Å². The fourth-order valence-electron chi connectivity index (χ4n) is 4.28. The number of anilines is 1. The molecule has 152 valence electrons. The summed E-state index contributed by atoms with van der Waals surface area (Å²) in [6.45, 7) is 0. The van der Waals surface area contributed by atoms with Crippen molar-refractivity contribution in [1.29, 1.82) is 0 Å². The van der Waals surface area contributed by atoms with Crippen molar-refractivity contribution in [3.05, 3.63) is 68.1 Å². The molecule has 1 aromatic carbocycles. The Morgan fingerprint density at radius 1 is 1.07 bits per heavy atom. The van der Waals surface area contributed by atoms with Crippen LogP contribution in [0.2, 0.25) is 0 Å². The smallest absolute Gasteiger partial charge is 0.332 e. The molecule has 1 amide bonds. The molecule has 30 heavy (non-hydrogen) atoms. The van der Waals surface area contributed by atoms with E-state index in [4.69, 9.17) is 0 Å². The summed E-state index contributed by atoms with van der Waals surface area (Å²) in [5, 5.41) is 4.19. The lowest BCUT2D eigenvalue weighted by atomic mass is 9.95. The third kappa shape index (κ3) is 2.75. The Morgan fingerprint density at radius 2 is 1.87 bits per heavy atom. The molecule has 0 radical (unpaired) electrons. The van der Waals surface area contributed by atoms with Crippen molar-refractivity contribution in [1.82, 2.24) is 19.1 Å². The summed E-state index contributed by atoms with van der Waals surface area (Å²) in [6, 6.07) is 7.20. The number of carbonyl (C=O) groups excluding carboxylic acids is 1. The van der Waals surface area contributed by atoms with Gasteiger partial charge >= 0.3 is 5.69 Å². The highest BCUT2D eigenvalue weighted by Gasteiger charge is 2.17. The summed E-state index contributed by atoms with van der Waals surface area (Å²) in [7, 11) is 2.98. The maximum Gasteiger partial charge on any atom is 0.332 e. The maximum atomic E-state index is 12.9. The Labute approximate surface area is 171 Å². The molecule has 3 aromatic heterocycles. The molecule has 0 atom stereocenters. The van der Waals surface area contributed by atoms with E-state index in [9.17, 15) is 14.4 Å². The Bertz CT molecular complexity index is 1460. The number of fused-ring (bicyclic) bond motifs is 4. The number of pyridine rings is 1. The Kier molecular flexibility index (Phi) is 4.09. The number of aromatic amines is 1. The number of hydrogen-bond acceptors (Lipinski definition) is 4. The second kappa shape index (κ2) is 6.69. The first-order chi connectivity index (χ1) is 14.4. The summed E-state index contributed by atoms with van der Waals surface area (Å²) in [6.07, 6.45) is 5.88. The number of rotatable bonds is 2.